The number of amides is 1. The van der Waals surface area contributed by atoms with Crippen molar-refractivity contribution in [2.24, 2.45) is 0 Å². The van der Waals surface area contributed by atoms with Gasteiger partial charge in [0.1, 0.15) is 11.0 Å². The van der Waals surface area contributed by atoms with Gasteiger partial charge in [0.2, 0.25) is 0 Å². The number of rotatable bonds is 3. The Morgan fingerprint density at radius 2 is 1.83 bits per heavy atom. The van der Waals surface area contributed by atoms with Gasteiger partial charge in [-0.05, 0) is 30.3 Å². The lowest BCUT2D eigenvalue weighted by atomic mass is 10.1. The molecule has 2 rings (SSSR count). The van der Waals surface area contributed by atoms with Gasteiger partial charge in [0.25, 0.3) is 5.91 Å². The van der Waals surface area contributed by atoms with Crippen LogP contribution in [0.15, 0.2) is 30.3 Å². The second-order valence-corrected chi connectivity index (χ2v) is 5.87. The van der Waals surface area contributed by atoms with Crippen molar-refractivity contribution in [2.45, 2.75) is 6.18 Å². The molecule has 128 valence electrons. The van der Waals surface area contributed by atoms with E-state index in [1.54, 1.807) is 19.0 Å². The molecule has 0 saturated carbocycles. The first kappa shape index (κ1) is 18.4. The molecule has 0 spiro atoms. The smallest absolute Gasteiger partial charge is 0.363 e. The molecule has 9 heteroatoms. The molecule has 1 amide bonds. The summed E-state index contributed by atoms with van der Waals surface area (Å²) >= 11 is 11.4. The number of aromatic nitrogens is 1. The number of alkyl halides is 3. The molecule has 2 aromatic rings. The van der Waals surface area contributed by atoms with Crippen molar-refractivity contribution in [1.29, 1.82) is 0 Å². The van der Waals surface area contributed by atoms with Crippen LogP contribution in [0.25, 0.3) is 0 Å². The molecule has 1 heterocycles. The molecule has 0 radical (unpaired) electrons. The van der Waals surface area contributed by atoms with E-state index in [2.05, 4.69) is 10.3 Å². The summed E-state index contributed by atoms with van der Waals surface area (Å²) in [6.45, 7) is 0. The molecular weight excluding hydrogens is 366 g/mol. The van der Waals surface area contributed by atoms with Crippen molar-refractivity contribution in [1.82, 2.24) is 4.98 Å². The van der Waals surface area contributed by atoms with E-state index in [0.717, 1.165) is 12.1 Å². The van der Waals surface area contributed by atoms with Crippen molar-refractivity contribution in [3.05, 3.63) is 51.6 Å². The average molecular weight is 378 g/mol. The Morgan fingerprint density at radius 3 is 2.42 bits per heavy atom. The Bertz CT molecular complexity index is 779. The van der Waals surface area contributed by atoms with Gasteiger partial charge >= 0.3 is 6.18 Å². The summed E-state index contributed by atoms with van der Waals surface area (Å²) in [5.74, 6) is -0.169. The molecule has 0 aliphatic rings. The minimum atomic E-state index is -4.62. The van der Waals surface area contributed by atoms with Crippen LogP contribution in [-0.2, 0) is 6.18 Å². The van der Waals surface area contributed by atoms with Crippen LogP contribution in [0.2, 0.25) is 10.2 Å². The minimum Gasteiger partial charge on any atom is -0.363 e. The maximum atomic E-state index is 12.9. The number of benzene rings is 1. The monoisotopic (exact) mass is 377 g/mol. The SMILES string of the molecule is CN(C)c1cc(C(=O)Nc2ccc(Cl)c(C(F)(F)F)c2)cc(Cl)n1. The zero-order valence-corrected chi connectivity index (χ0v) is 14.1. The van der Waals surface area contributed by atoms with Gasteiger partial charge in [0.15, 0.2) is 0 Å². The van der Waals surface area contributed by atoms with Crippen molar-refractivity contribution in [3.8, 4) is 0 Å². The maximum absolute atomic E-state index is 12.9. The summed E-state index contributed by atoms with van der Waals surface area (Å²) in [5.41, 5.74) is -0.887. The third-order valence-electron chi connectivity index (χ3n) is 3.03. The topological polar surface area (TPSA) is 45.2 Å². The van der Waals surface area contributed by atoms with Crippen LogP contribution in [0.3, 0.4) is 0 Å². The third kappa shape index (κ3) is 4.30. The van der Waals surface area contributed by atoms with Crippen molar-refractivity contribution in [3.63, 3.8) is 0 Å². The number of carbonyl (C=O) groups is 1. The molecule has 0 bridgehead atoms. The van der Waals surface area contributed by atoms with Crippen LogP contribution in [0.1, 0.15) is 15.9 Å². The molecular formula is C15H12Cl2F3N3O. The number of halogens is 5. The highest BCUT2D eigenvalue weighted by atomic mass is 35.5. The lowest BCUT2D eigenvalue weighted by molar-refractivity contribution is -0.137. The van der Waals surface area contributed by atoms with Crippen molar-refractivity contribution >= 4 is 40.6 Å². The third-order valence-corrected chi connectivity index (χ3v) is 3.55. The Balaban J connectivity index is 2.31. The summed E-state index contributed by atoms with van der Waals surface area (Å²) in [5, 5.41) is 2.04. The number of carbonyl (C=O) groups excluding carboxylic acids is 1. The summed E-state index contributed by atoms with van der Waals surface area (Å²) in [6, 6.07) is 5.93. The van der Waals surface area contributed by atoms with Crippen LogP contribution in [0, 0.1) is 0 Å². The predicted molar refractivity (Wildman–Crippen MR) is 88.0 cm³/mol. The molecule has 0 unspecified atom stereocenters. The Labute approximate surface area is 146 Å². The van der Waals surface area contributed by atoms with E-state index in [1.165, 1.54) is 18.2 Å². The molecule has 0 aliphatic carbocycles. The number of pyridine rings is 1. The van der Waals surface area contributed by atoms with E-state index < -0.39 is 22.7 Å². The maximum Gasteiger partial charge on any atom is 0.417 e. The lowest BCUT2D eigenvalue weighted by Gasteiger charge is -2.14. The van der Waals surface area contributed by atoms with Crippen LogP contribution in [0.5, 0.6) is 0 Å². The lowest BCUT2D eigenvalue weighted by Crippen LogP contribution is -2.16. The fourth-order valence-corrected chi connectivity index (χ4v) is 2.30. The van der Waals surface area contributed by atoms with E-state index in [-0.39, 0.29) is 16.4 Å². The van der Waals surface area contributed by atoms with Gasteiger partial charge in [-0.25, -0.2) is 4.98 Å². The van der Waals surface area contributed by atoms with Crippen LogP contribution < -0.4 is 10.2 Å². The van der Waals surface area contributed by atoms with Gasteiger partial charge in [-0.1, -0.05) is 23.2 Å². The summed E-state index contributed by atoms with van der Waals surface area (Å²) in [7, 11) is 3.43. The van der Waals surface area contributed by atoms with E-state index in [9.17, 15) is 18.0 Å². The van der Waals surface area contributed by atoms with Gasteiger partial charge < -0.3 is 10.2 Å². The van der Waals surface area contributed by atoms with Gasteiger partial charge in [0, 0.05) is 25.3 Å². The first-order valence-electron chi connectivity index (χ1n) is 6.61. The van der Waals surface area contributed by atoms with E-state index >= 15 is 0 Å². The van der Waals surface area contributed by atoms with Crippen LogP contribution >= 0.6 is 23.2 Å². The number of hydrogen-bond acceptors (Lipinski definition) is 3. The van der Waals surface area contributed by atoms with E-state index in [1.807, 2.05) is 0 Å². The highest BCUT2D eigenvalue weighted by Crippen LogP contribution is 2.36. The molecule has 0 atom stereocenters. The quantitative estimate of drug-likeness (QED) is 0.786. The molecule has 24 heavy (non-hydrogen) atoms. The molecule has 0 aliphatic heterocycles. The van der Waals surface area contributed by atoms with Crippen LogP contribution in [0.4, 0.5) is 24.7 Å². The Kier molecular flexibility index (Phi) is 5.25. The van der Waals surface area contributed by atoms with Gasteiger partial charge in [-0.2, -0.15) is 13.2 Å². The number of hydrogen-bond donors (Lipinski definition) is 1. The number of nitrogens with one attached hydrogen (secondary N) is 1. The molecule has 1 N–H and O–H groups in total. The van der Waals surface area contributed by atoms with Crippen LogP contribution in [-0.4, -0.2) is 25.0 Å². The average Bonchev–Trinajstić information content (AvgIpc) is 2.47. The highest BCUT2D eigenvalue weighted by molar-refractivity contribution is 6.31. The predicted octanol–water partition coefficient (Wildman–Crippen LogP) is 4.73. The standard InChI is InChI=1S/C15H12Cl2F3N3O/c1-23(2)13-6-8(5-12(17)22-13)14(24)21-9-3-4-11(16)10(7-9)15(18,19)20/h3-7H,1-2H3,(H,21,24). The molecule has 0 fully saturated rings. The Hall–Kier alpha value is -1.99. The van der Waals surface area contributed by atoms with E-state index in [4.69, 9.17) is 23.2 Å². The minimum absolute atomic E-state index is 0.0314. The first-order valence-corrected chi connectivity index (χ1v) is 7.36. The zero-order valence-electron chi connectivity index (χ0n) is 12.6. The fraction of sp³-hybridized carbons (Fsp3) is 0.200. The largest absolute Gasteiger partial charge is 0.417 e. The second kappa shape index (κ2) is 6.86. The molecule has 0 saturated heterocycles. The van der Waals surface area contributed by atoms with Crippen molar-refractivity contribution < 1.29 is 18.0 Å². The molecule has 1 aromatic carbocycles. The molecule has 4 nitrogen and oxygen atoms in total. The fourth-order valence-electron chi connectivity index (χ4n) is 1.87. The van der Waals surface area contributed by atoms with Crippen molar-refractivity contribution in [2.75, 3.05) is 24.3 Å². The normalized spacial score (nSPS) is 11.3. The Morgan fingerprint density at radius 1 is 1.17 bits per heavy atom. The molecule has 1 aromatic heterocycles. The van der Waals surface area contributed by atoms with E-state index in [0.29, 0.717) is 5.82 Å². The van der Waals surface area contributed by atoms with Gasteiger partial charge in [-0.3, -0.25) is 4.79 Å². The summed E-state index contributed by atoms with van der Waals surface area (Å²) < 4.78 is 38.6. The number of anilines is 2. The summed E-state index contributed by atoms with van der Waals surface area (Å²) in [4.78, 5) is 17.9. The highest BCUT2D eigenvalue weighted by Gasteiger charge is 2.33. The number of nitrogens with zero attached hydrogens (tertiary/aromatic N) is 2. The van der Waals surface area contributed by atoms with Gasteiger partial charge in [-0.15, -0.1) is 0 Å². The second-order valence-electron chi connectivity index (χ2n) is 5.08. The van der Waals surface area contributed by atoms with Gasteiger partial charge in [0.05, 0.1) is 10.6 Å². The summed E-state index contributed by atoms with van der Waals surface area (Å²) in [6.07, 6.45) is -4.62. The first-order chi connectivity index (χ1) is 11.1. The zero-order chi connectivity index (χ0) is 18.1.